The highest BCUT2D eigenvalue weighted by Crippen LogP contribution is 2.34. The van der Waals surface area contributed by atoms with Crippen molar-refractivity contribution in [3.05, 3.63) is 40.2 Å². The molecule has 0 aliphatic carbocycles. The number of fused-ring (bicyclic) bond motifs is 1. The lowest BCUT2D eigenvalue weighted by Crippen LogP contribution is -2.39. The number of carbonyl (C=O) groups is 1. The summed E-state index contributed by atoms with van der Waals surface area (Å²) >= 11 is 5.80. The average molecular weight is 417 g/mol. The number of aryl methyl sites for hydroxylation is 1. The van der Waals surface area contributed by atoms with Crippen molar-refractivity contribution in [3.63, 3.8) is 0 Å². The van der Waals surface area contributed by atoms with Gasteiger partial charge in [0, 0.05) is 37.9 Å². The van der Waals surface area contributed by atoms with Crippen molar-refractivity contribution >= 4 is 29.1 Å². The Morgan fingerprint density at radius 1 is 1.17 bits per heavy atom. The van der Waals surface area contributed by atoms with Crippen molar-refractivity contribution in [1.82, 2.24) is 19.9 Å². The second-order valence-corrected chi connectivity index (χ2v) is 8.38. The van der Waals surface area contributed by atoms with E-state index < -0.39 is 5.82 Å². The molecule has 2 aromatic heterocycles. The molecule has 3 aliphatic heterocycles. The van der Waals surface area contributed by atoms with E-state index in [1.165, 1.54) is 18.7 Å². The summed E-state index contributed by atoms with van der Waals surface area (Å²) < 4.78 is 14.2. The van der Waals surface area contributed by atoms with Crippen molar-refractivity contribution in [1.29, 1.82) is 0 Å². The Balaban J connectivity index is 1.30. The summed E-state index contributed by atoms with van der Waals surface area (Å²) in [6.07, 6.45) is 3.29. The molecule has 0 spiro atoms. The fraction of sp³-hybridized carbons (Fsp3) is 0.500. The predicted molar refractivity (Wildman–Crippen MR) is 107 cm³/mol. The monoisotopic (exact) mass is 416 g/mol. The lowest BCUT2D eigenvalue weighted by Gasteiger charge is -2.33. The molecule has 0 radical (unpaired) electrons. The van der Waals surface area contributed by atoms with Crippen molar-refractivity contribution in [2.45, 2.75) is 32.9 Å². The molecule has 0 bridgehead atoms. The molecule has 2 saturated heterocycles. The summed E-state index contributed by atoms with van der Waals surface area (Å²) in [4.78, 5) is 32.5. The van der Waals surface area contributed by atoms with Crippen LogP contribution in [0.1, 0.15) is 29.9 Å². The number of nitrogens with zero attached hydrogens (tertiary/aromatic N) is 6. The lowest BCUT2D eigenvalue weighted by molar-refractivity contribution is -0.135. The minimum absolute atomic E-state index is 0.0899. The van der Waals surface area contributed by atoms with Crippen LogP contribution in [-0.2, 0) is 17.9 Å². The number of anilines is 2. The molecule has 0 unspecified atom stereocenters. The third-order valence-electron chi connectivity index (χ3n) is 5.97. The molecule has 152 valence electrons. The van der Waals surface area contributed by atoms with Crippen molar-refractivity contribution in [2.75, 3.05) is 36.0 Å². The smallest absolute Gasteiger partial charge is 0.228 e. The minimum atomic E-state index is -0.455. The zero-order chi connectivity index (χ0) is 20.1. The standard InChI is InChI=1S/C20H22ClFN6O/c1-12-24-17-11-28(10-15(17)18(25-12)26-4-2-5-26)20(29)13-3-6-27(9-13)19-16(22)7-14(21)8-23-19/h7-8,13H,2-6,9-11H2,1H3/t13-/m1/s1. The van der Waals surface area contributed by atoms with E-state index in [9.17, 15) is 9.18 Å². The van der Waals surface area contributed by atoms with Crippen molar-refractivity contribution < 1.29 is 9.18 Å². The molecular formula is C20H22ClFN6O. The number of pyridine rings is 1. The van der Waals surface area contributed by atoms with E-state index in [1.54, 1.807) is 0 Å². The predicted octanol–water partition coefficient (Wildman–Crippen LogP) is 2.55. The van der Waals surface area contributed by atoms with Gasteiger partial charge in [0.2, 0.25) is 5.91 Å². The van der Waals surface area contributed by atoms with Crippen LogP contribution < -0.4 is 9.80 Å². The maximum Gasteiger partial charge on any atom is 0.228 e. The number of aromatic nitrogens is 3. The van der Waals surface area contributed by atoms with E-state index in [2.05, 4.69) is 19.9 Å². The van der Waals surface area contributed by atoms with E-state index in [-0.39, 0.29) is 22.7 Å². The molecule has 2 fully saturated rings. The van der Waals surface area contributed by atoms with Crippen LogP contribution in [0.5, 0.6) is 0 Å². The van der Waals surface area contributed by atoms with E-state index in [0.717, 1.165) is 36.0 Å². The highest BCUT2D eigenvalue weighted by molar-refractivity contribution is 6.30. The van der Waals surface area contributed by atoms with Gasteiger partial charge in [-0.1, -0.05) is 11.6 Å². The van der Waals surface area contributed by atoms with E-state index in [4.69, 9.17) is 11.6 Å². The Morgan fingerprint density at radius 3 is 2.72 bits per heavy atom. The number of halogens is 2. The molecule has 1 amide bonds. The van der Waals surface area contributed by atoms with Crippen LogP contribution in [0.3, 0.4) is 0 Å². The first-order valence-corrected chi connectivity index (χ1v) is 10.3. The minimum Gasteiger partial charge on any atom is -0.356 e. The van der Waals surface area contributed by atoms with Gasteiger partial charge in [-0.3, -0.25) is 4.79 Å². The molecule has 5 rings (SSSR count). The van der Waals surface area contributed by atoms with Gasteiger partial charge in [0.25, 0.3) is 0 Å². The van der Waals surface area contributed by atoms with Crippen LogP contribution >= 0.6 is 11.6 Å². The molecule has 2 aromatic rings. The fourth-order valence-corrected chi connectivity index (χ4v) is 4.50. The Kier molecular flexibility index (Phi) is 4.53. The number of hydrogen-bond acceptors (Lipinski definition) is 6. The molecule has 9 heteroatoms. The van der Waals surface area contributed by atoms with Crippen LogP contribution in [-0.4, -0.2) is 51.9 Å². The summed E-state index contributed by atoms with van der Waals surface area (Å²) in [5.41, 5.74) is 2.02. The number of rotatable bonds is 3. The Hall–Kier alpha value is -2.48. The van der Waals surface area contributed by atoms with Crippen LogP contribution in [0.2, 0.25) is 5.02 Å². The second kappa shape index (κ2) is 7.09. The molecule has 7 nitrogen and oxygen atoms in total. The molecule has 1 atom stereocenters. The summed E-state index contributed by atoms with van der Waals surface area (Å²) in [5, 5.41) is 0.266. The third-order valence-corrected chi connectivity index (χ3v) is 6.17. The molecule has 0 N–H and O–H groups in total. The average Bonchev–Trinajstić information content (AvgIpc) is 3.26. The third kappa shape index (κ3) is 3.29. The van der Waals surface area contributed by atoms with Crippen LogP contribution in [0.4, 0.5) is 16.0 Å². The number of hydrogen-bond donors (Lipinski definition) is 0. The Morgan fingerprint density at radius 2 is 2.00 bits per heavy atom. The van der Waals surface area contributed by atoms with Crippen molar-refractivity contribution in [3.8, 4) is 0 Å². The molecule has 29 heavy (non-hydrogen) atoms. The van der Waals surface area contributed by atoms with Crippen LogP contribution in [0, 0.1) is 18.7 Å². The lowest BCUT2D eigenvalue weighted by atomic mass is 10.1. The van der Waals surface area contributed by atoms with E-state index >= 15 is 0 Å². The highest BCUT2D eigenvalue weighted by atomic mass is 35.5. The van der Waals surface area contributed by atoms with Gasteiger partial charge in [-0.2, -0.15) is 0 Å². The first kappa shape index (κ1) is 18.5. The summed E-state index contributed by atoms with van der Waals surface area (Å²) in [6, 6.07) is 1.26. The maximum atomic E-state index is 14.2. The second-order valence-electron chi connectivity index (χ2n) is 7.95. The van der Waals surface area contributed by atoms with Crippen LogP contribution in [0.25, 0.3) is 0 Å². The molecule has 3 aliphatic rings. The molecular weight excluding hydrogens is 395 g/mol. The zero-order valence-corrected chi connectivity index (χ0v) is 17.0. The summed E-state index contributed by atoms with van der Waals surface area (Å²) in [6.45, 7) is 6.03. The maximum absolute atomic E-state index is 14.2. The van der Waals surface area contributed by atoms with Crippen molar-refractivity contribution in [2.24, 2.45) is 5.92 Å². The fourth-order valence-electron chi connectivity index (χ4n) is 4.36. The van der Waals surface area contributed by atoms with Gasteiger partial charge >= 0.3 is 0 Å². The topological polar surface area (TPSA) is 65.5 Å². The molecule has 0 saturated carbocycles. The van der Waals surface area contributed by atoms with E-state index in [0.29, 0.717) is 32.6 Å². The summed E-state index contributed by atoms with van der Waals surface area (Å²) in [7, 11) is 0. The van der Waals surface area contributed by atoms with Crippen LogP contribution in [0.15, 0.2) is 12.3 Å². The van der Waals surface area contributed by atoms with Gasteiger partial charge in [0.05, 0.1) is 29.7 Å². The summed E-state index contributed by atoms with van der Waals surface area (Å²) in [5.74, 6) is 1.45. The molecule has 5 heterocycles. The highest BCUT2D eigenvalue weighted by Gasteiger charge is 2.37. The number of carbonyl (C=O) groups excluding carboxylic acids is 1. The first-order valence-electron chi connectivity index (χ1n) is 9.95. The Labute approximate surface area is 173 Å². The van der Waals surface area contributed by atoms with Gasteiger partial charge in [-0.15, -0.1) is 0 Å². The normalized spacial score (nSPS) is 20.8. The van der Waals surface area contributed by atoms with Gasteiger partial charge < -0.3 is 14.7 Å². The Bertz CT molecular complexity index is 982. The number of amides is 1. The van der Waals surface area contributed by atoms with Gasteiger partial charge in [-0.05, 0) is 25.8 Å². The van der Waals surface area contributed by atoms with E-state index in [1.807, 2.05) is 16.7 Å². The van der Waals surface area contributed by atoms with Gasteiger partial charge in [0.15, 0.2) is 11.6 Å². The largest absolute Gasteiger partial charge is 0.356 e. The quantitative estimate of drug-likeness (QED) is 0.766. The first-order chi connectivity index (χ1) is 14.0. The zero-order valence-electron chi connectivity index (χ0n) is 16.2. The SMILES string of the molecule is Cc1nc2c(c(N3CCC3)n1)CN(C(=O)[C@@H]1CCN(c3ncc(Cl)cc3F)C1)C2. The van der Waals surface area contributed by atoms with Gasteiger partial charge in [-0.25, -0.2) is 19.3 Å². The molecule has 0 aromatic carbocycles. The van der Waals surface area contributed by atoms with Gasteiger partial charge in [0.1, 0.15) is 11.6 Å².